The minimum Gasteiger partial charge on any atom is -0.490 e. The maximum Gasteiger partial charge on any atom is 0.255 e. The number of hydrogen-bond donors (Lipinski definition) is 1. The van der Waals surface area contributed by atoms with E-state index < -0.39 is 0 Å². The van der Waals surface area contributed by atoms with Crippen molar-refractivity contribution >= 4 is 17.2 Å². The minimum absolute atomic E-state index is 0.0936. The average Bonchev–Trinajstić information content (AvgIpc) is 3.27. The number of rotatable bonds is 10. The molecular formula is C23H32N2O3S. The topological polar surface area (TPSA) is 50.8 Å². The molecule has 2 aromatic rings. The summed E-state index contributed by atoms with van der Waals surface area (Å²) in [6.07, 6.45) is 2.43. The zero-order chi connectivity index (χ0) is 20.5. The summed E-state index contributed by atoms with van der Waals surface area (Å²) in [5, 5.41) is 5.26. The molecular weight excluding hydrogens is 384 g/mol. The Morgan fingerprint density at radius 1 is 1.21 bits per heavy atom. The first-order valence-electron chi connectivity index (χ1n) is 10.5. The molecule has 0 radical (unpaired) electrons. The highest BCUT2D eigenvalue weighted by Gasteiger charge is 2.26. The molecule has 0 aliphatic carbocycles. The number of carbonyl (C=O) groups is 1. The van der Waals surface area contributed by atoms with E-state index >= 15 is 0 Å². The number of benzene rings is 1. The summed E-state index contributed by atoms with van der Waals surface area (Å²) in [5.74, 6) is 1.29. The molecule has 0 saturated carbocycles. The SMILES string of the molecule is CCOCCOc1ccccc1C(=O)NCC(c1cccs1)N1CCC(C)CC1. The van der Waals surface area contributed by atoms with Crippen molar-refractivity contribution in [3.8, 4) is 5.75 Å². The van der Waals surface area contributed by atoms with Crippen LogP contribution in [0.15, 0.2) is 41.8 Å². The molecule has 5 nitrogen and oxygen atoms in total. The first-order valence-corrected chi connectivity index (χ1v) is 11.4. The summed E-state index contributed by atoms with van der Waals surface area (Å²) in [6.45, 7) is 8.64. The first-order chi connectivity index (χ1) is 14.2. The van der Waals surface area contributed by atoms with Gasteiger partial charge in [-0.15, -0.1) is 11.3 Å². The number of nitrogens with one attached hydrogen (secondary N) is 1. The third-order valence-corrected chi connectivity index (χ3v) is 6.38. The van der Waals surface area contributed by atoms with Crippen LogP contribution in [0.25, 0.3) is 0 Å². The highest BCUT2D eigenvalue weighted by atomic mass is 32.1. The summed E-state index contributed by atoms with van der Waals surface area (Å²) >= 11 is 1.76. The van der Waals surface area contributed by atoms with E-state index in [1.165, 1.54) is 17.7 Å². The number of thiophene rings is 1. The number of carbonyl (C=O) groups excluding carboxylic acids is 1. The maximum atomic E-state index is 12.9. The van der Waals surface area contributed by atoms with Crippen molar-refractivity contribution in [1.29, 1.82) is 0 Å². The molecule has 1 amide bonds. The minimum atomic E-state index is -0.0936. The fourth-order valence-electron chi connectivity index (χ4n) is 3.65. The molecule has 1 unspecified atom stereocenters. The van der Waals surface area contributed by atoms with Gasteiger partial charge in [-0.3, -0.25) is 9.69 Å². The van der Waals surface area contributed by atoms with Crippen molar-refractivity contribution < 1.29 is 14.3 Å². The molecule has 1 atom stereocenters. The molecule has 1 aliphatic rings. The monoisotopic (exact) mass is 416 g/mol. The Kier molecular flexibility index (Phi) is 8.52. The summed E-state index contributed by atoms with van der Waals surface area (Å²) in [4.78, 5) is 16.7. The van der Waals surface area contributed by atoms with E-state index in [-0.39, 0.29) is 11.9 Å². The van der Waals surface area contributed by atoms with E-state index in [0.717, 1.165) is 19.0 Å². The van der Waals surface area contributed by atoms with E-state index in [0.29, 0.717) is 37.7 Å². The lowest BCUT2D eigenvalue weighted by Gasteiger charge is -2.36. The molecule has 0 bridgehead atoms. The summed E-state index contributed by atoms with van der Waals surface area (Å²) < 4.78 is 11.1. The predicted molar refractivity (Wildman–Crippen MR) is 118 cm³/mol. The van der Waals surface area contributed by atoms with Crippen molar-refractivity contribution in [3.05, 3.63) is 52.2 Å². The van der Waals surface area contributed by atoms with Crippen LogP contribution >= 0.6 is 11.3 Å². The smallest absolute Gasteiger partial charge is 0.255 e. The fourth-order valence-corrected chi connectivity index (χ4v) is 4.51. The summed E-state index contributed by atoms with van der Waals surface area (Å²) in [6, 6.07) is 11.9. The van der Waals surface area contributed by atoms with Crippen LogP contribution in [0.2, 0.25) is 0 Å². The molecule has 1 aromatic carbocycles. The van der Waals surface area contributed by atoms with Gasteiger partial charge in [-0.25, -0.2) is 0 Å². The second kappa shape index (κ2) is 11.3. The van der Waals surface area contributed by atoms with Gasteiger partial charge in [0.05, 0.1) is 18.2 Å². The van der Waals surface area contributed by atoms with Crippen LogP contribution in [0.3, 0.4) is 0 Å². The van der Waals surface area contributed by atoms with Gasteiger partial charge in [0.15, 0.2) is 0 Å². The Bertz CT molecular complexity index is 742. The lowest BCUT2D eigenvalue weighted by Crippen LogP contribution is -2.41. The van der Waals surface area contributed by atoms with Crippen LogP contribution < -0.4 is 10.1 Å². The summed E-state index contributed by atoms with van der Waals surface area (Å²) in [7, 11) is 0. The lowest BCUT2D eigenvalue weighted by molar-refractivity contribution is 0.0901. The molecule has 1 aliphatic heterocycles. The van der Waals surface area contributed by atoms with Crippen LogP contribution in [0.4, 0.5) is 0 Å². The highest BCUT2D eigenvalue weighted by molar-refractivity contribution is 7.10. The Morgan fingerprint density at radius 2 is 2.00 bits per heavy atom. The molecule has 3 rings (SSSR count). The molecule has 6 heteroatoms. The van der Waals surface area contributed by atoms with Gasteiger partial charge in [-0.1, -0.05) is 25.1 Å². The van der Waals surface area contributed by atoms with E-state index in [1.54, 1.807) is 11.3 Å². The largest absolute Gasteiger partial charge is 0.490 e. The molecule has 1 N–H and O–H groups in total. The third kappa shape index (κ3) is 6.29. The Balaban J connectivity index is 1.63. The van der Waals surface area contributed by atoms with Crippen LogP contribution in [-0.4, -0.2) is 50.3 Å². The summed E-state index contributed by atoms with van der Waals surface area (Å²) in [5.41, 5.74) is 0.571. The molecule has 0 spiro atoms. The van der Waals surface area contributed by atoms with Gasteiger partial charge in [-0.05, 0) is 62.4 Å². The number of para-hydroxylation sites is 1. The van der Waals surface area contributed by atoms with Crippen molar-refractivity contribution in [1.82, 2.24) is 10.2 Å². The Hall–Kier alpha value is -1.89. The maximum absolute atomic E-state index is 12.9. The quantitative estimate of drug-likeness (QED) is 0.585. The second-order valence-electron chi connectivity index (χ2n) is 7.50. The zero-order valence-corrected chi connectivity index (χ0v) is 18.2. The second-order valence-corrected chi connectivity index (χ2v) is 8.48. The highest BCUT2D eigenvalue weighted by Crippen LogP contribution is 2.29. The number of piperidine rings is 1. The van der Waals surface area contributed by atoms with Crippen molar-refractivity contribution in [2.75, 3.05) is 39.5 Å². The fraction of sp³-hybridized carbons (Fsp3) is 0.522. The predicted octanol–water partition coefficient (Wildman–Crippen LogP) is 4.37. The number of likely N-dealkylation sites (tertiary alicyclic amines) is 1. The normalized spacial score (nSPS) is 16.5. The first kappa shape index (κ1) is 21.8. The lowest BCUT2D eigenvalue weighted by atomic mass is 9.97. The Labute approximate surface area is 178 Å². The van der Waals surface area contributed by atoms with Crippen LogP contribution in [-0.2, 0) is 4.74 Å². The molecule has 1 fully saturated rings. The number of ether oxygens (including phenoxy) is 2. The van der Waals surface area contributed by atoms with Gasteiger partial charge in [0.1, 0.15) is 12.4 Å². The van der Waals surface area contributed by atoms with Crippen LogP contribution in [0.1, 0.15) is 48.0 Å². The van der Waals surface area contributed by atoms with Gasteiger partial charge in [0, 0.05) is 18.0 Å². The van der Waals surface area contributed by atoms with Gasteiger partial charge in [0.2, 0.25) is 0 Å². The van der Waals surface area contributed by atoms with E-state index in [1.807, 2.05) is 31.2 Å². The molecule has 158 valence electrons. The third-order valence-electron chi connectivity index (χ3n) is 5.41. The number of amides is 1. The zero-order valence-electron chi connectivity index (χ0n) is 17.4. The molecule has 2 heterocycles. The van der Waals surface area contributed by atoms with Crippen LogP contribution in [0.5, 0.6) is 5.75 Å². The molecule has 1 aromatic heterocycles. The molecule has 29 heavy (non-hydrogen) atoms. The standard InChI is InChI=1S/C23H32N2O3S/c1-3-27-14-15-28-21-8-5-4-7-19(21)23(26)24-17-20(22-9-6-16-29-22)25-12-10-18(2)11-13-25/h4-9,16,18,20H,3,10-15,17H2,1-2H3,(H,24,26). The van der Waals surface area contributed by atoms with Gasteiger partial charge >= 0.3 is 0 Å². The average molecular weight is 417 g/mol. The van der Waals surface area contributed by atoms with E-state index in [9.17, 15) is 4.79 Å². The van der Waals surface area contributed by atoms with E-state index in [2.05, 4.69) is 34.7 Å². The Morgan fingerprint density at radius 3 is 2.72 bits per heavy atom. The van der Waals surface area contributed by atoms with Crippen molar-refractivity contribution in [2.45, 2.75) is 32.7 Å². The number of nitrogens with zero attached hydrogens (tertiary/aromatic N) is 1. The van der Waals surface area contributed by atoms with Crippen molar-refractivity contribution in [2.24, 2.45) is 5.92 Å². The number of hydrogen-bond acceptors (Lipinski definition) is 5. The van der Waals surface area contributed by atoms with Gasteiger partial charge in [0.25, 0.3) is 5.91 Å². The van der Waals surface area contributed by atoms with Gasteiger partial charge < -0.3 is 14.8 Å². The van der Waals surface area contributed by atoms with Crippen molar-refractivity contribution in [3.63, 3.8) is 0 Å². The molecule has 1 saturated heterocycles. The van der Waals surface area contributed by atoms with Crippen LogP contribution in [0, 0.1) is 5.92 Å². The van der Waals surface area contributed by atoms with E-state index in [4.69, 9.17) is 9.47 Å². The van der Waals surface area contributed by atoms with Gasteiger partial charge in [-0.2, -0.15) is 0 Å².